The van der Waals surface area contributed by atoms with Gasteiger partial charge in [-0.25, -0.2) is 8.42 Å². The van der Waals surface area contributed by atoms with E-state index in [-0.39, 0.29) is 47.6 Å². The number of benzene rings is 1. The number of ether oxygens (including phenoxy) is 1. The van der Waals surface area contributed by atoms with E-state index in [9.17, 15) is 22.8 Å². The molecule has 0 aliphatic carbocycles. The van der Waals surface area contributed by atoms with Gasteiger partial charge in [-0.05, 0) is 43.5 Å². The molecular formula is C22H29N3O6S. The molecule has 3 amide bonds. The van der Waals surface area contributed by atoms with Crippen molar-refractivity contribution in [2.24, 2.45) is 11.8 Å². The van der Waals surface area contributed by atoms with Gasteiger partial charge in [-0.2, -0.15) is 0 Å². The van der Waals surface area contributed by atoms with Gasteiger partial charge in [0, 0.05) is 43.7 Å². The van der Waals surface area contributed by atoms with Gasteiger partial charge in [-0.15, -0.1) is 0 Å². The predicted octanol–water partition coefficient (Wildman–Crippen LogP) is 0.590. The Hall–Kier alpha value is -2.62. The average Bonchev–Trinajstić information content (AvgIpc) is 3.34. The fourth-order valence-corrected chi connectivity index (χ4v) is 6.41. The largest absolute Gasteiger partial charge is 0.497 e. The Bertz CT molecular complexity index is 985. The Balaban J connectivity index is 1.28. The van der Waals surface area contributed by atoms with Crippen LogP contribution in [0.25, 0.3) is 0 Å². The van der Waals surface area contributed by atoms with Gasteiger partial charge in [0.2, 0.25) is 17.7 Å². The molecule has 3 heterocycles. The number of anilines is 1. The van der Waals surface area contributed by atoms with Crippen molar-refractivity contribution in [2.75, 3.05) is 43.1 Å². The van der Waals surface area contributed by atoms with Gasteiger partial charge in [0.15, 0.2) is 9.84 Å². The minimum Gasteiger partial charge on any atom is -0.497 e. The Morgan fingerprint density at radius 3 is 2.34 bits per heavy atom. The molecule has 3 fully saturated rings. The molecule has 32 heavy (non-hydrogen) atoms. The first-order chi connectivity index (χ1) is 15.3. The summed E-state index contributed by atoms with van der Waals surface area (Å²) in [6.45, 7) is 1.28. The van der Waals surface area contributed by atoms with E-state index in [4.69, 9.17) is 4.74 Å². The Labute approximate surface area is 188 Å². The first kappa shape index (κ1) is 22.6. The van der Waals surface area contributed by atoms with E-state index in [0.717, 1.165) is 5.69 Å². The normalized spacial score (nSPS) is 25.7. The third-order valence-electron chi connectivity index (χ3n) is 6.61. The predicted molar refractivity (Wildman–Crippen MR) is 118 cm³/mol. The van der Waals surface area contributed by atoms with Crippen LogP contribution in [-0.4, -0.2) is 75.3 Å². The van der Waals surface area contributed by atoms with Crippen LogP contribution in [0.15, 0.2) is 24.3 Å². The monoisotopic (exact) mass is 463 g/mol. The van der Waals surface area contributed by atoms with Crippen molar-refractivity contribution in [2.45, 2.75) is 31.7 Å². The summed E-state index contributed by atoms with van der Waals surface area (Å²) < 4.78 is 28.3. The molecule has 0 bridgehead atoms. The van der Waals surface area contributed by atoms with Crippen LogP contribution >= 0.6 is 0 Å². The fraction of sp³-hybridized carbons (Fsp3) is 0.591. The minimum absolute atomic E-state index is 0.0104. The molecule has 1 N–H and O–H groups in total. The number of methoxy groups -OCH3 is 1. The lowest BCUT2D eigenvalue weighted by atomic mass is 9.94. The van der Waals surface area contributed by atoms with Crippen molar-refractivity contribution in [3.8, 4) is 5.75 Å². The molecule has 3 saturated heterocycles. The first-order valence-corrected chi connectivity index (χ1v) is 12.8. The molecule has 0 radical (unpaired) electrons. The fourth-order valence-electron chi connectivity index (χ4n) is 4.73. The quantitative estimate of drug-likeness (QED) is 0.684. The Kier molecular flexibility index (Phi) is 6.41. The van der Waals surface area contributed by atoms with E-state index in [2.05, 4.69) is 5.32 Å². The Morgan fingerprint density at radius 2 is 1.75 bits per heavy atom. The van der Waals surface area contributed by atoms with E-state index >= 15 is 0 Å². The van der Waals surface area contributed by atoms with Crippen LogP contribution in [0.1, 0.15) is 25.7 Å². The number of carbonyl (C=O) groups is 3. The number of sulfone groups is 1. The number of rotatable bonds is 5. The van der Waals surface area contributed by atoms with Gasteiger partial charge in [0.25, 0.3) is 0 Å². The zero-order valence-electron chi connectivity index (χ0n) is 18.2. The van der Waals surface area contributed by atoms with Crippen molar-refractivity contribution in [1.82, 2.24) is 10.2 Å². The van der Waals surface area contributed by atoms with Crippen LogP contribution in [0.4, 0.5) is 5.69 Å². The highest BCUT2D eigenvalue weighted by atomic mass is 32.2. The molecule has 3 aliphatic heterocycles. The maximum absolute atomic E-state index is 13.0. The molecule has 9 nitrogen and oxygen atoms in total. The third-order valence-corrected chi connectivity index (χ3v) is 8.38. The van der Waals surface area contributed by atoms with Crippen LogP contribution in [0.2, 0.25) is 0 Å². The highest BCUT2D eigenvalue weighted by Gasteiger charge is 2.39. The van der Waals surface area contributed by atoms with Crippen LogP contribution in [0, 0.1) is 11.8 Å². The molecule has 174 valence electrons. The molecule has 1 aromatic carbocycles. The summed E-state index contributed by atoms with van der Waals surface area (Å²) in [5.74, 6) is -0.0171. The maximum Gasteiger partial charge on any atom is 0.228 e. The first-order valence-electron chi connectivity index (χ1n) is 11.0. The number of nitrogens with zero attached hydrogens (tertiary/aromatic N) is 2. The third kappa shape index (κ3) is 4.90. The number of hydrogen-bond acceptors (Lipinski definition) is 6. The van der Waals surface area contributed by atoms with Gasteiger partial charge in [0.1, 0.15) is 5.75 Å². The van der Waals surface area contributed by atoms with E-state index in [0.29, 0.717) is 44.6 Å². The molecule has 10 heteroatoms. The van der Waals surface area contributed by atoms with E-state index < -0.39 is 15.8 Å². The van der Waals surface area contributed by atoms with Crippen LogP contribution in [0.3, 0.4) is 0 Å². The number of hydrogen-bond donors (Lipinski definition) is 1. The van der Waals surface area contributed by atoms with Crippen LogP contribution in [0.5, 0.6) is 5.75 Å². The van der Waals surface area contributed by atoms with Gasteiger partial charge >= 0.3 is 0 Å². The van der Waals surface area contributed by atoms with Gasteiger partial charge in [-0.3, -0.25) is 14.4 Å². The molecule has 0 aromatic heterocycles. The van der Waals surface area contributed by atoms with Gasteiger partial charge in [0.05, 0.1) is 24.5 Å². The lowest BCUT2D eigenvalue weighted by Gasteiger charge is -2.33. The van der Waals surface area contributed by atoms with E-state index in [1.54, 1.807) is 29.0 Å². The topological polar surface area (TPSA) is 113 Å². The molecule has 0 spiro atoms. The summed E-state index contributed by atoms with van der Waals surface area (Å²) in [5.41, 5.74) is 0.746. The second-order valence-electron chi connectivity index (χ2n) is 8.81. The van der Waals surface area contributed by atoms with E-state index in [1.807, 2.05) is 12.1 Å². The zero-order valence-corrected chi connectivity index (χ0v) is 19.0. The summed E-state index contributed by atoms with van der Waals surface area (Å²) in [4.78, 5) is 41.4. The Morgan fingerprint density at radius 1 is 1.06 bits per heavy atom. The number of likely N-dealkylation sites (tertiary alicyclic amines) is 1. The highest BCUT2D eigenvalue weighted by Crippen LogP contribution is 2.29. The second-order valence-corrected chi connectivity index (χ2v) is 11.0. The van der Waals surface area contributed by atoms with Crippen molar-refractivity contribution in [3.05, 3.63) is 24.3 Å². The average molecular weight is 464 g/mol. The lowest BCUT2D eigenvalue weighted by Crippen LogP contribution is -2.47. The summed E-state index contributed by atoms with van der Waals surface area (Å²) in [6, 6.07) is 6.89. The highest BCUT2D eigenvalue weighted by molar-refractivity contribution is 7.91. The maximum atomic E-state index is 13.0. The minimum atomic E-state index is -3.04. The van der Waals surface area contributed by atoms with Crippen LogP contribution in [-0.2, 0) is 24.2 Å². The van der Waals surface area contributed by atoms with Crippen molar-refractivity contribution in [1.29, 1.82) is 0 Å². The second kappa shape index (κ2) is 9.09. The summed E-state index contributed by atoms with van der Waals surface area (Å²) in [5, 5.41) is 2.86. The molecule has 2 atom stereocenters. The summed E-state index contributed by atoms with van der Waals surface area (Å²) in [7, 11) is -1.46. The van der Waals surface area contributed by atoms with Gasteiger partial charge < -0.3 is 19.9 Å². The summed E-state index contributed by atoms with van der Waals surface area (Å²) >= 11 is 0. The zero-order chi connectivity index (χ0) is 22.9. The van der Waals surface area contributed by atoms with Crippen molar-refractivity contribution in [3.63, 3.8) is 0 Å². The van der Waals surface area contributed by atoms with Crippen molar-refractivity contribution >= 4 is 33.2 Å². The van der Waals surface area contributed by atoms with Crippen molar-refractivity contribution < 1.29 is 27.5 Å². The lowest BCUT2D eigenvalue weighted by molar-refractivity contribution is -0.139. The smallest absolute Gasteiger partial charge is 0.228 e. The molecule has 0 saturated carbocycles. The molecule has 1 aromatic rings. The standard InChI is InChI=1S/C22H29N3O6S/c1-31-19-4-2-18(3-5-19)25-13-16(12-20(25)26)22(28)24-9-6-15(7-10-24)21(27)23-17-8-11-32(29,30)14-17/h2-5,15-17H,6-14H2,1H3,(H,23,27)/t16-,17-/m0/s1. The SMILES string of the molecule is COc1ccc(N2C[C@@H](C(=O)N3CCC(C(=O)N[C@H]4CCS(=O)(=O)C4)CC3)CC2=O)cc1. The summed E-state index contributed by atoms with van der Waals surface area (Å²) in [6.07, 6.45) is 1.73. The molecule has 4 rings (SSSR count). The number of nitrogens with one attached hydrogen (secondary N) is 1. The molecule has 0 unspecified atom stereocenters. The van der Waals surface area contributed by atoms with E-state index in [1.165, 1.54) is 0 Å². The molecular weight excluding hydrogens is 434 g/mol. The number of piperidine rings is 1. The molecule has 3 aliphatic rings. The van der Waals surface area contributed by atoms with Gasteiger partial charge in [-0.1, -0.05) is 0 Å². The number of carbonyl (C=O) groups excluding carboxylic acids is 3. The number of amides is 3. The van der Waals surface area contributed by atoms with Crippen LogP contribution < -0.4 is 15.0 Å².